The third kappa shape index (κ3) is 3.01. The van der Waals surface area contributed by atoms with Crippen LogP contribution in [-0.2, 0) is 4.74 Å². The molecule has 0 bridgehead atoms. The van der Waals surface area contributed by atoms with Crippen molar-refractivity contribution in [3.63, 3.8) is 0 Å². The number of Topliss-reactive ketones (excluding diaryl/α,β-unsaturated/α-hetero) is 1. The minimum absolute atomic E-state index is 0.0658. The maximum absolute atomic E-state index is 11.5. The Labute approximate surface area is 87.8 Å². The largest absolute Gasteiger partial charge is 0.399 e. The second kappa shape index (κ2) is 4.98. The van der Waals surface area contributed by atoms with E-state index in [2.05, 4.69) is 0 Å². The van der Waals surface area contributed by atoms with Crippen LogP contribution in [0.5, 0.6) is 0 Å². The van der Waals surface area contributed by atoms with Crippen molar-refractivity contribution in [1.82, 2.24) is 0 Å². The first kappa shape index (κ1) is 11.0. The molecule has 0 amide bonds. The summed E-state index contributed by atoms with van der Waals surface area (Å²) < 4.78 is 5.00. The average molecular weight is 214 g/mol. The van der Waals surface area contributed by atoms with E-state index in [9.17, 15) is 4.79 Å². The highest BCUT2D eigenvalue weighted by atomic mass is 35.5. The first-order valence-corrected chi connectivity index (χ1v) is 4.68. The number of rotatable bonds is 4. The van der Waals surface area contributed by atoms with Gasteiger partial charge in [-0.2, -0.15) is 0 Å². The molecule has 0 aliphatic carbocycles. The summed E-state index contributed by atoms with van der Waals surface area (Å²) in [5, 5.41) is 0.463. The minimum Gasteiger partial charge on any atom is -0.399 e. The number of carbonyl (C=O) groups excluding carboxylic acids is 1. The van der Waals surface area contributed by atoms with E-state index in [-0.39, 0.29) is 12.4 Å². The van der Waals surface area contributed by atoms with E-state index in [1.54, 1.807) is 18.2 Å². The summed E-state index contributed by atoms with van der Waals surface area (Å²) in [5.74, 6) is -0.110. The third-order valence-electron chi connectivity index (χ3n) is 1.68. The lowest BCUT2D eigenvalue weighted by Crippen LogP contribution is -2.09. The molecule has 2 N–H and O–H groups in total. The zero-order chi connectivity index (χ0) is 10.6. The molecule has 1 rings (SSSR count). The highest BCUT2D eigenvalue weighted by molar-refractivity contribution is 6.31. The van der Waals surface area contributed by atoms with Gasteiger partial charge < -0.3 is 10.5 Å². The molecule has 76 valence electrons. The van der Waals surface area contributed by atoms with Gasteiger partial charge in [-0.15, -0.1) is 0 Å². The van der Waals surface area contributed by atoms with Crippen molar-refractivity contribution in [2.75, 3.05) is 18.9 Å². The van der Waals surface area contributed by atoms with Crippen molar-refractivity contribution in [2.24, 2.45) is 0 Å². The molecule has 1 aromatic carbocycles. The average Bonchev–Trinajstić information content (AvgIpc) is 2.12. The Morgan fingerprint density at radius 1 is 1.50 bits per heavy atom. The molecule has 0 unspecified atom stereocenters. The van der Waals surface area contributed by atoms with Crippen molar-refractivity contribution in [2.45, 2.75) is 6.92 Å². The fraction of sp³-hybridized carbons (Fsp3) is 0.300. The van der Waals surface area contributed by atoms with Crippen LogP contribution in [0.25, 0.3) is 0 Å². The van der Waals surface area contributed by atoms with E-state index in [0.717, 1.165) is 0 Å². The monoisotopic (exact) mass is 213 g/mol. The first-order valence-electron chi connectivity index (χ1n) is 4.30. The Bertz CT molecular complexity index is 319. The van der Waals surface area contributed by atoms with Crippen LogP contribution in [0.4, 0.5) is 5.69 Å². The standard InChI is InChI=1S/C10H12ClNO2/c1-2-14-6-10(13)7-3-8(11)5-9(12)4-7/h3-5H,2,6,12H2,1H3. The third-order valence-corrected chi connectivity index (χ3v) is 1.90. The molecule has 0 radical (unpaired) electrons. The number of anilines is 1. The first-order chi connectivity index (χ1) is 6.63. The number of benzene rings is 1. The zero-order valence-electron chi connectivity index (χ0n) is 7.92. The van der Waals surface area contributed by atoms with Gasteiger partial charge in [0.05, 0.1) is 0 Å². The van der Waals surface area contributed by atoms with Crippen molar-refractivity contribution in [3.05, 3.63) is 28.8 Å². The molecule has 0 spiro atoms. The summed E-state index contributed by atoms with van der Waals surface area (Å²) in [7, 11) is 0. The smallest absolute Gasteiger partial charge is 0.188 e. The van der Waals surface area contributed by atoms with Crippen LogP contribution in [0.1, 0.15) is 17.3 Å². The number of nitrogen functional groups attached to an aromatic ring is 1. The van der Waals surface area contributed by atoms with E-state index in [4.69, 9.17) is 22.1 Å². The molecular formula is C10H12ClNO2. The van der Waals surface area contributed by atoms with Crippen molar-refractivity contribution in [1.29, 1.82) is 0 Å². The van der Waals surface area contributed by atoms with Crippen molar-refractivity contribution in [3.8, 4) is 0 Å². The topological polar surface area (TPSA) is 52.3 Å². The Morgan fingerprint density at radius 2 is 2.21 bits per heavy atom. The predicted molar refractivity (Wildman–Crippen MR) is 56.7 cm³/mol. The van der Waals surface area contributed by atoms with E-state index in [1.807, 2.05) is 6.92 Å². The lowest BCUT2D eigenvalue weighted by atomic mass is 10.1. The maximum Gasteiger partial charge on any atom is 0.188 e. The normalized spacial score (nSPS) is 10.1. The van der Waals surface area contributed by atoms with Gasteiger partial charge in [0, 0.05) is 22.9 Å². The van der Waals surface area contributed by atoms with Crippen LogP contribution < -0.4 is 5.73 Å². The Morgan fingerprint density at radius 3 is 2.79 bits per heavy atom. The van der Waals surface area contributed by atoms with E-state index < -0.39 is 0 Å². The van der Waals surface area contributed by atoms with Crippen molar-refractivity contribution >= 4 is 23.1 Å². The molecule has 0 atom stereocenters. The molecule has 3 nitrogen and oxygen atoms in total. The molecule has 0 fully saturated rings. The van der Waals surface area contributed by atoms with Gasteiger partial charge in [-0.1, -0.05) is 11.6 Å². The molecule has 1 aromatic rings. The Hall–Kier alpha value is -1.06. The summed E-state index contributed by atoms with van der Waals surface area (Å²) >= 11 is 5.76. The second-order valence-electron chi connectivity index (χ2n) is 2.83. The Balaban J connectivity index is 2.79. The SMILES string of the molecule is CCOCC(=O)c1cc(N)cc(Cl)c1. The van der Waals surface area contributed by atoms with Gasteiger partial charge in [-0.3, -0.25) is 4.79 Å². The van der Waals surface area contributed by atoms with Gasteiger partial charge in [0.1, 0.15) is 6.61 Å². The van der Waals surface area contributed by atoms with Gasteiger partial charge in [0.2, 0.25) is 0 Å². The molecule has 0 aliphatic heterocycles. The van der Waals surface area contributed by atoms with Crippen LogP contribution in [0.3, 0.4) is 0 Å². The van der Waals surface area contributed by atoms with E-state index in [1.165, 1.54) is 0 Å². The number of nitrogens with two attached hydrogens (primary N) is 1. The molecular weight excluding hydrogens is 202 g/mol. The van der Waals surface area contributed by atoms with E-state index >= 15 is 0 Å². The number of hydrogen-bond donors (Lipinski definition) is 1. The number of ketones is 1. The maximum atomic E-state index is 11.5. The lowest BCUT2D eigenvalue weighted by molar-refractivity contribution is 0.0783. The molecule has 0 saturated carbocycles. The lowest BCUT2D eigenvalue weighted by Gasteiger charge is -2.03. The zero-order valence-corrected chi connectivity index (χ0v) is 8.67. The number of halogens is 1. The highest BCUT2D eigenvalue weighted by Crippen LogP contribution is 2.16. The molecule has 0 saturated heterocycles. The van der Waals surface area contributed by atoms with Crippen LogP contribution in [0, 0.1) is 0 Å². The quantitative estimate of drug-likeness (QED) is 0.616. The predicted octanol–water partition coefficient (Wildman–Crippen LogP) is 2.14. The van der Waals surface area contributed by atoms with Crippen molar-refractivity contribution < 1.29 is 9.53 Å². The van der Waals surface area contributed by atoms with E-state index in [0.29, 0.717) is 22.9 Å². The molecule has 4 heteroatoms. The van der Waals surface area contributed by atoms with Gasteiger partial charge in [0.25, 0.3) is 0 Å². The second-order valence-corrected chi connectivity index (χ2v) is 3.27. The summed E-state index contributed by atoms with van der Waals surface area (Å²) in [6, 6.07) is 4.77. The molecule has 0 aromatic heterocycles. The van der Waals surface area contributed by atoms with Gasteiger partial charge in [-0.05, 0) is 25.1 Å². The van der Waals surface area contributed by atoms with Crippen LogP contribution in [-0.4, -0.2) is 19.0 Å². The van der Waals surface area contributed by atoms with Crippen LogP contribution in [0.15, 0.2) is 18.2 Å². The molecule has 0 aliphatic rings. The fourth-order valence-electron chi connectivity index (χ4n) is 1.05. The summed E-state index contributed by atoms with van der Waals surface area (Å²) in [6.45, 7) is 2.41. The van der Waals surface area contributed by atoms with Gasteiger partial charge in [0.15, 0.2) is 5.78 Å². The Kier molecular flexibility index (Phi) is 3.92. The number of ether oxygens (including phenoxy) is 1. The summed E-state index contributed by atoms with van der Waals surface area (Å²) in [5.41, 5.74) is 6.52. The van der Waals surface area contributed by atoms with Gasteiger partial charge >= 0.3 is 0 Å². The highest BCUT2D eigenvalue weighted by Gasteiger charge is 2.07. The van der Waals surface area contributed by atoms with Crippen LogP contribution >= 0.6 is 11.6 Å². The minimum atomic E-state index is -0.110. The molecule has 0 heterocycles. The summed E-state index contributed by atoms with van der Waals surface area (Å²) in [4.78, 5) is 11.5. The number of hydrogen-bond acceptors (Lipinski definition) is 3. The number of carbonyl (C=O) groups is 1. The van der Waals surface area contributed by atoms with Crippen LogP contribution in [0.2, 0.25) is 5.02 Å². The molecule has 14 heavy (non-hydrogen) atoms. The summed E-state index contributed by atoms with van der Waals surface area (Å²) in [6.07, 6.45) is 0. The van der Waals surface area contributed by atoms with Gasteiger partial charge in [-0.25, -0.2) is 0 Å². The fourth-order valence-corrected chi connectivity index (χ4v) is 1.29.